The fourth-order valence-corrected chi connectivity index (χ4v) is 3.50. The Morgan fingerprint density at radius 2 is 1.64 bits per heavy atom. The molecule has 0 amide bonds. The topological polar surface area (TPSA) is 43.6 Å². The smallest absolute Gasteiger partial charge is 0.123 e. The van der Waals surface area contributed by atoms with E-state index in [9.17, 15) is 4.39 Å². The molecule has 28 heavy (non-hydrogen) atoms. The lowest BCUT2D eigenvalue weighted by atomic mass is 9.97. The van der Waals surface area contributed by atoms with Gasteiger partial charge in [0.25, 0.3) is 0 Å². The van der Waals surface area contributed by atoms with Gasteiger partial charge in [-0.1, -0.05) is 30.3 Å². The third kappa shape index (κ3) is 3.83. The SMILES string of the molecule is Cn1nc(-c2ccc(F)cc2)c(-c2ccnnc2)c1CCCc1ccccc1. The number of benzene rings is 2. The maximum Gasteiger partial charge on any atom is 0.123 e. The van der Waals surface area contributed by atoms with Gasteiger partial charge in [-0.05, 0) is 55.2 Å². The molecular weight excluding hydrogens is 351 g/mol. The van der Waals surface area contributed by atoms with E-state index in [0.717, 1.165) is 47.3 Å². The number of halogens is 1. The Morgan fingerprint density at radius 3 is 2.36 bits per heavy atom. The van der Waals surface area contributed by atoms with Gasteiger partial charge in [0.1, 0.15) is 11.5 Å². The average molecular weight is 372 g/mol. The molecule has 0 atom stereocenters. The Morgan fingerprint density at radius 1 is 0.857 bits per heavy atom. The Labute approximate surface area is 163 Å². The van der Waals surface area contributed by atoms with E-state index in [1.165, 1.54) is 17.7 Å². The molecule has 0 aliphatic carbocycles. The van der Waals surface area contributed by atoms with Gasteiger partial charge in [0, 0.05) is 29.4 Å². The monoisotopic (exact) mass is 372 g/mol. The first-order valence-corrected chi connectivity index (χ1v) is 9.35. The molecule has 4 rings (SSSR count). The van der Waals surface area contributed by atoms with Gasteiger partial charge in [0.05, 0.1) is 12.4 Å². The largest absolute Gasteiger partial charge is 0.271 e. The van der Waals surface area contributed by atoms with Crippen molar-refractivity contribution >= 4 is 0 Å². The molecule has 0 fully saturated rings. The lowest BCUT2D eigenvalue weighted by Gasteiger charge is -2.08. The molecule has 4 nitrogen and oxygen atoms in total. The van der Waals surface area contributed by atoms with E-state index in [1.807, 2.05) is 23.9 Å². The van der Waals surface area contributed by atoms with Crippen molar-refractivity contribution in [3.8, 4) is 22.4 Å². The molecule has 0 saturated heterocycles. The summed E-state index contributed by atoms with van der Waals surface area (Å²) in [6.07, 6.45) is 6.34. The number of aromatic nitrogens is 4. The molecule has 0 unspecified atom stereocenters. The van der Waals surface area contributed by atoms with Crippen LogP contribution in [0.3, 0.4) is 0 Å². The van der Waals surface area contributed by atoms with Gasteiger partial charge in [0.15, 0.2) is 0 Å². The summed E-state index contributed by atoms with van der Waals surface area (Å²) in [7, 11) is 1.96. The second kappa shape index (κ2) is 8.13. The van der Waals surface area contributed by atoms with Crippen molar-refractivity contribution in [1.29, 1.82) is 0 Å². The zero-order valence-electron chi connectivity index (χ0n) is 15.7. The molecule has 0 radical (unpaired) electrons. The first-order valence-electron chi connectivity index (χ1n) is 9.35. The molecule has 0 aliphatic heterocycles. The van der Waals surface area contributed by atoms with Gasteiger partial charge >= 0.3 is 0 Å². The molecule has 0 aliphatic rings. The fraction of sp³-hybridized carbons (Fsp3) is 0.174. The Balaban J connectivity index is 1.70. The molecular formula is C23H21FN4. The Bertz CT molecular complexity index is 1040. The summed E-state index contributed by atoms with van der Waals surface area (Å²) in [4.78, 5) is 0. The Kier molecular flexibility index (Phi) is 5.24. The maximum absolute atomic E-state index is 13.4. The minimum absolute atomic E-state index is 0.255. The number of aryl methyl sites for hydroxylation is 2. The molecule has 0 saturated carbocycles. The zero-order valence-corrected chi connectivity index (χ0v) is 15.7. The highest BCUT2D eigenvalue weighted by molar-refractivity contribution is 5.82. The van der Waals surface area contributed by atoms with E-state index >= 15 is 0 Å². The first kappa shape index (κ1) is 18.0. The van der Waals surface area contributed by atoms with Crippen molar-refractivity contribution in [3.63, 3.8) is 0 Å². The molecule has 2 heterocycles. The van der Waals surface area contributed by atoms with Crippen LogP contribution in [0.5, 0.6) is 0 Å². The lowest BCUT2D eigenvalue weighted by molar-refractivity contribution is 0.628. The summed E-state index contributed by atoms with van der Waals surface area (Å²) in [6, 6.07) is 18.9. The van der Waals surface area contributed by atoms with Crippen molar-refractivity contribution in [1.82, 2.24) is 20.0 Å². The summed E-state index contributed by atoms with van der Waals surface area (Å²) in [5.41, 5.74) is 6.20. The standard InChI is InChI=1S/C23H21FN4/c1-28-21(9-5-8-17-6-3-2-4-7-17)22(19-14-15-25-26-16-19)23(27-28)18-10-12-20(24)13-11-18/h2-4,6-7,10-16H,5,8-9H2,1H3. The third-order valence-corrected chi connectivity index (χ3v) is 4.88. The molecule has 2 aromatic heterocycles. The van der Waals surface area contributed by atoms with Gasteiger partial charge in [0.2, 0.25) is 0 Å². The van der Waals surface area contributed by atoms with Crippen LogP contribution < -0.4 is 0 Å². The fourth-order valence-electron chi connectivity index (χ4n) is 3.50. The maximum atomic E-state index is 13.4. The molecule has 5 heteroatoms. The van der Waals surface area contributed by atoms with E-state index in [1.54, 1.807) is 24.5 Å². The first-order chi connectivity index (χ1) is 13.7. The molecule has 4 aromatic rings. The highest BCUT2D eigenvalue weighted by Crippen LogP contribution is 2.34. The molecule has 0 bridgehead atoms. The van der Waals surface area contributed by atoms with E-state index in [0.29, 0.717) is 0 Å². The third-order valence-electron chi connectivity index (χ3n) is 4.88. The van der Waals surface area contributed by atoms with Crippen molar-refractivity contribution in [2.75, 3.05) is 0 Å². The van der Waals surface area contributed by atoms with Crippen LogP contribution in [-0.2, 0) is 19.9 Å². The number of nitrogens with zero attached hydrogens (tertiary/aromatic N) is 4. The highest BCUT2D eigenvalue weighted by Gasteiger charge is 2.19. The van der Waals surface area contributed by atoms with Crippen LogP contribution in [0.1, 0.15) is 17.7 Å². The van der Waals surface area contributed by atoms with Gasteiger partial charge < -0.3 is 0 Å². The second-order valence-electron chi connectivity index (χ2n) is 6.77. The number of rotatable bonds is 6. The van der Waals surface area contributed by atoms with Gasteiger partial charge in [-0.15, -0.1) is 0 Å². The quantitative estimate of drug-likeness (QED) is 0.485. The van der Waals surface area contributed by atoms with Crippen molar-refractivity contribution in [2.24, 2.45) is 7.05 Å². The number of hydrogen-bond donors (Lipinski definition) is 0. The van der Waals surface area contributed by atoms with E-state index < -0.39 is 0 Å². The Hall–Kier alpha value is -3.34. The van der Waals surface area contributed by atoms with Crippen LogP contribution in [0.4, 0.5) is 4.39 Å². The summed E-state index contributed by atoms with van der Waals surface area (Å²) >= 11 is 0. The summed E-state index contributed by atoms with van der Waals surface area (Å²) < 4.78 is 15.3. The van der Waals surface area contributed by atoms with Crippen molar-refractivity contribution < 1.29 is 4.39 Å². The molecule has 2 aromatic carbocycles. The summed E-state index contributed by atoms with van der Waals surface area (Å²) in [5, 5.41) is 12.7. The predicted octanol–water partition coefficient (Wildman–Crippen LogP) is 4.86. The van der Waals surface area contributed by atoms with Gasteiger partial charge in [-0.25, -0.2) is 4.39 Å². The van der Waals surface area contributed by atoms with E-state index in [-0.39, 0.29) is 5.82 Å². The zero-order chi connectivity index (χ0) is 19.3. The van der Waals surface area contributed by atoms with Crippen LogP contribution in [0.2, 0.25) is 0 Å². The van der Waals surface area contributed by atoms with Crippen LogP contribution >= 0.6 is 0 Å². The van der Waals surface area contributed by atoms with E-state index in [4.69, 9.17) is 5.10 Å². The second-order valence-corrected chi connectivity index (χ2v) is 6.77. The predicted molar refractivity (Wildman–Crippen MR) is 108 cm³/mol. The summed E-state index contributed by atoms with van der Waals surface area (Å²) in [5.74, 6) is -0.255. The van der Waals surface area contributed by atoms with Gasteiger partial charge in [-0.3, -0.25) is 4.68 Å². The van der Waals surface area contributed by atoms with Crippen LogP contribution in [0.15, 0.2) is 73.1 Å². The minimum Gasteiger partial charge on any atom is -0.271 e. The normalized spacial score (nSPS) is 10.9. The van der Waals surface area contributed by atoms with Crippen LogP contribution in [0.25, 0.3) is 22.4 Å². The molecule has 140 valence electrons. The number of hydrogen-bond acceptors (Lipinski definition) is 3. The van der Waals surface area contributed by atoms with Crippen LogP contribution in [-0.4, -0.2) is 20.0 Å². The minimum atomic E-state index is -0.255. The average Bonchev–Trinajstić information content (AvgIpc) is 3.06. The summed E-state index contributed by atoms with van der Waals surface area (Å²) in [6.45, 7) is 0. The van der Waals surface area contributed by atoms with E-state index in [2.05, 4.69) is 34.5 Å². The molecule has 0 N–H and O–H groups in total. The highest BCUT2D eigenvalue weighted by atomic mass is 19.1. The molecule has 0 spiro atoms. The van der Waals surface area contributed by atoms with Crippen molar-refractivity contribution in [3.05, 3.63) is 90.1 Å². The van der Waals surface area contributed by atoms with Crippen LogP contribution in [0, 0.1) is 5.82 Å². The van der Waals surface area contributed by atoms with Crippen molar-refractivity contribution in [2.45, 2.75) is 19.3 Å². The van der Waals surface area contributed by atoms with Gasteiger partial charge in [-0.2, -0.15) is 15.3 Å². The lowest BCUT2D eigenvalue weighted by Crippen LogP contribution is -2.01.